The van der Waals surface area contributed by atoms with E-state index in [0.717, 1.165) is 24.3 Å². The van der Waals surface area contributed by atoms with E-state index in [1.54, 1.807) is 0 Å². The lowest BCUT2D eigenvalue weighted by atomic mass is 10.0. The average molecular weight is 299 g/mol. The fourth-order valence-corrected chi connectivity index (χ4v) is 2.51. The van der Waals surface area contributed by atoms with Crippen LogP contribution in [0.5, 0.6) is 0 Å². The Hall–Kier alpha value is -2.11. The molecule has 2 aromatic carbocycles. The number of halogens is 5. The van der Waals surface area contributed by atoms with Crippen molar-refractivity contribution in [1.82, 2.24) is 0 Å². The molecule has 0 saturated carbocycles. The summed E-state index contributed by atoms with van der Waals surface area (Å²) >= 11 is 0. The van der Waals surface area contributed by atoms with Gasteiger partial charge in [-0.05, 0) is 36.2 Å². The SMILES string of the molecule is Fc1ccc(C2Cc3cc(C(F)(F)F)ccc3N2)c(F)c1. The summed E-state index contributed by atoms with van der Waals surface area (Å²) in [4.78, 5) is 0. The largest absolute Gasteiger partial charge is 0.416 e. The van der Waals surface area contributed by atoms with Crippen LogP contribution in [0.1, 0.15) is 22.7 Å². The summed E-state index contributed by atoms with van der Waals surface area (Å²) in [7, 11) is 0. The third-order valence-corrected chi connectivity index (χ3v) is 3.52. The summed E-state index contributed by atoms with van der Waals surface area (Å²) < 4.78 is 64.6. The van der Waals surface area contributed by atoms with Crippen molar-refractivity contribution in [3.05, 3.63) is 64.7 Å². The van der Waals surface area contributed by atoms with Crippen LogP contribution in [0.3, 0.4) is 0 Å². The van der Waals surface area contributed by atoms with Crippen LogP contribution >= 0.6 is 0 Å². The lowest BCUT2D eigenvalue weighted by Crippen LogP contribution is -2.08. The predicted octanol–water partition coefficient (Wildman–Crippen LogP) is 4.69. The second-order valence-electron chi connectivity index (χ2n) is 4.94. The molecule has 0 radical (unpaired) electrons. The zero-order valence-corrected chi connectivity index (χ0v) is 10.6. The molecule has 0 aromatic heterocycles. The van der Waals surface area contributed by atoms with Gasteiger partial charge in [-0.25, -0.2) is 8.78 Å². The van der Waals surface area contributed by atoms with E-state index in [1.165, 1.54) is 12.1 Å². The van der Waals surface area contributed by atoms with Gasteiger partial charge in [0.15, 0.2) is 0 Å². The lowest BCUT2D eigenvalue weighted by Gasteiger charge is -2.12. The first kappa shape index (κ1) is 13.9. The van der Waals surface area contributed by atoms with Crippen molar-refractivity contribution in [3.63, 3.8) is 0 Å². The van der Waals surface area contributed by atoms with Gasteiger partial charge in [0.2, 0.25) is 0 Å². The van der Waals surface area contributed by atoms with Crippen LogP contribution in [0, 0.1) is 11.6 Å². The molecule has 1 unspecified atom stereocenters. The van der Waals surface area contributed by atoms with E-state index in [4.69, 9.17) is 0 Å². The molecule has 110 valence electrons. The van der Waals surface area contributed by atoms with Crippen LogP contribution in [0.25, 0.3) is 0 Å². The molecule has 6 heteroatoms. The van der Waals surface area contributed by atoms with Crippen LogP contribution < -0.4 is 5.32 Å². The number of nitrogens with one attached hydrogen (secondary N) is 1. The Balaban J connectivity index is 1.91. The molecule has 0 fully saturated rings. The molecule has 0 aliphatic carbocycles. The van der Waals surface area contributed by atoms with Crippen LogP contribution in [0.2, 0.25) is 0 Å². The monoisotopic (exact) mass is 299 g/mol. The second kappa shape index (κ2) is 4.72. The number of fused-ring (bicyclic) bond motifs is 1. The van der Waals surface area contributed by atoms with E-state index in [0.29, 0.717) is 11.3 Å². The van der Waals surface area contributed by atoms with Crippen molar-refractivity contribution in [3.8, 4) is 0 Å². The lowest BCUT2D eigenvalue weighted by molar-refractivity contribution is -0.137. The molecule has 1 aliphatic rings. The van der Waals surface area contributed by atoms with Gasteiger partial charge in [-0.2, -0.15) is 13.2 Å². The quantitative estimate of drug-likeness (QED) is 0.753. The summed E-state index contributed by atoms with van der Waals surface area (Å²) in [5.41, 5.74) is 0.514. The van der Waals surface area contributed by atoms with Gasteiger partial charge in [0, 0.05) is 17.3 Å². The van der Waals surface area contributed by atoms with E-state index in [-0.39, 0.29) is 12.0 Å². The van der Waals surface area contributed by atoms with Crippen molar-refractivity contribution < 1.29 is 22.0 Å². The minimum Gasteiger partial charge on any atom is -0.378 e. The van der Waals surface area contributed by atoms with Crippen LogP contribution in [-0.2, 0) is 12.6 Å². The molecule has 0 saturated heterocycles. The molecule has 21 heavy (non-hydrogen) atoms. The molecule has 2 aromatic rings. The first-order valence-corrected chi connectivity index (χ1v) is 6.26. The fourth-order valence-electron chi connectivity index (χ4n) is 2.51. The van der Waals surface area contributed by atoms with E-state index in [2.05, 4.69) is 5.32 Å². The van der Waals surface area contributed by atoms with Gasteiger partial charge in [-0.3, -0.25) is 0 Å². The second-order valence-corrected chi connectivity index (χ2v) is 4.94. The normalized spacial score (nSPS) is 17.5. The number of benzene rings is 2. The van der Waals surface area contributed by atoms with E-state index >= 15 is 0 Å². The molecule has 0 amide bonds. The maximum Gasteiger partial charge on any atom is 0.416 e. The smallest absolute Gasteiger partial charge is 0.378 e. The highest BCUT2D eigenvalue weighted by atomic mass is 19.4. The highest BCUT2D eigenvalue weighted by Gasteiger charge is 2.33. The van der Waals surface area contributed by atoms with Gasteiger partial charge >= 0.3 is 6.18 Å². The molecular formula is C15H10F5N. The Bertz CT molecular complexity index is 693. The van der Waals surface area contributed by atoms with Gasteiger partial charge in [0.1, 0.15) is 11.6 Å². The average Bonchev–Trinajstić information content (AvgIpc) is 2.79. The number of rotatable bonds is 1. The summed E-state index contributed by atoms with van der Waals surface area (Å²) in [5, 5.41) is 2.96. The van der Waals surface area contributed by atoms with Gasteiger partial charge in [0.25, 0.3) is 0 Å². The Labute approximate surface area is 117 Å². The van der Waals surface area contributed by atoms with Gasteiger partial charge in [0.05, 0.1) is 11.6 Å². The van der Waals surface area contributed by atoms with Crippen molar-refractivity contribution in [2.45, 2.75) is 18.6 Å². The highest BCUT2D eigenvalue weighted by molar-refractivity contribution is 5.59. The molecule has 1 atom stereocenters. The number of alkyl halides is 3. The van der Waals surface area contributed by atoms with Gasteiger partial charge in [-0.15, -0.1) is 0 Å². The number of anilines is 1. The molecule has 1 nitrogen and oxygen atoms in total. The number of hydrogen-bond donors (Lipinski definition) is 1. The van der Waals surface area contributed by atoms with Crippen molar-refractivity contribution in [1.29, 1.82) is 0 Å². The molecular weight excluding hydrogens is 289 g/mol. The Morgan fingerprint density at radius 2 is 1.76 bits per heavy atom. The molecule has 1 N–H and O–H groups in total. The third kappa shape index (κ3) is 2.57. The molecule has 0 bridgehead atoms. The maximum atomic E-state index is 13.7. The summed E-state index contributed by atoms with van der Waals surface area (Å²) in [5.74, 6) is -1.40. The van der Waals surface area contributed by atoms with Crippen molar-refractivity contribution >= 4 is 5.69 Å². The van der Waals surface area contributed by atoms with Gasteiger partial charge in [-0.1, -0.05) is 6.07 Å². The van der Waals surface area contributed by atoms with Crippen molar-refractivity contribution in [2.24, 2.45) is 0 Å². The van der Waals surface area contributed by atoms with E-state index < -0.39 is 29.4 Å². The third-order valence-electron chi connectivity index (χ3n) is 3.52. The van der Waals surface area contributed by atoms with Crippen molar-refractivity contribution in [2.75, 3.05) is 5.32 Å². The minimum absolute atomic E-state index is 0.224. The van der Waals surface area contributed by atoms with E-state index in [9.17, 15) is 22.0 Å². The highest BCUT2D eigenvalue weighted by Crippen LogP contribution is 2.39. The molecule has 3 rings (SSSR count). The molecule has 1 heterocycles. The zero-order valence-electron chi connectivity index (χ0n) is 10.6. The fraction of sp³-hybridized carbons (Fsp3) is 0.200. The standard InChI is InChI=1S/C15H10F5N/c16-10-2-3-11(12(17)7-10)14-6-8-5-9(15(18,19)20)1-4-13(8)21-14/h1-5,7,14,21H,6H2. The molecule has 1 aliphatic heterocycles. The minimum atomic E-state index is -4.41. The van der Waals surface area contributed by atoms with Crippen LogP contribution in [0.15, 0.2) is 36.4 Å². The number of hydrogen-bond acceptors (Lipinski definition) is 1. The maximum absolute atomic E-state index is 13.7. The Kier molecular flexibility index (Phi) is 3.11. The summed E-state index contributed by atoms with van der Waals surface area (Å²) in [6.07, 6.45) is -4.18. The summed E-state index contributed by atoms with van der Waals surface area (Å²) in [6.45, 7) is 0. The zero-order chi connectivity index (χ0) is 15.2. The van der Waals surface area contributed by atoms with Crippen LogP contribution in [-0.4, -0.2) is 0 Å². The first-order valence-electron chi connectivity index (χ1n) is 6.26. The van der Waals surface area contributed by atoms with Gasteiger partial charge < -0.3 is 5.32 Å². The Morgan fingerprint density at radius 1 is 1.00 bits per heavy atom. The topological polar surface area (TPSA) is 12.0 Å². The van der Waals surface area contributed by atoms with E-state index in [1.807, 2.05) is 0 Å². The first-order chi connectivity index (χ1) is 9.84. The molecule has 0 spiro atoms. The summed E-state index contributed by atoms with van der Waals surface area (Å²) in [6, 6.07) is 6.08. The Morgan fingerprint density at radius 3 is 2.43 bits per heavy atom. The van der Waals surface area contributed by atoms with Crippen LogP contribution in [0.4, 0.5) is 27.6 Å². The predicted molar refractivity (Wildman–Crippen MR) is 67.9 cm³/mol.